The SMILES string of the molecule is CC1(C(=O)O)CC(=O)C2(C)CCC3(C)C(=C2C1)C=CC1C2(C)CCC(OC4OC(C(=O)O)C(O)C(O)C4OC4OC(C(=O)O)C(O)C(O)C4O)C(C)(C)C2CCC13C. The minimum Gasteiger partial charge on any atom is -0.481 e. The van der Waals surface area contributed by atoms with E-state index >= 15 is 0 Å². The fourth-order valence-electron chi connectivity index (χ4n) is 12.8. The lowest BCUT2D eigenvalue weighted by Gasteiger charge is -2.69. The van der Waals surface area contributed by atoms with Crippen LogP contribution in [-0.4, -0.2) is 132 Å². The van der Waals surface area contributed by atoms with Crippen LogP contribution in [-0.2, 0) is 38.1 Å². The molecule has 5 aliphatic carbocycles. The van der Waals surface area contributed by atoms with Gasteiger partial charge in [0.15, 0.2) is 24.8 Å². The van der Waals surface area contributed by atoms with Gasteiger partial charge in [0.1, 0.15) is 42.4 Å². The Morgan fingerprint density at radius 3 is 1.91 bits per heavy atom. The van der Waals surface area contributed by atoms with E-state index in [4.69, 9.17) is 18.9 Å². The molecule has 2 heterocycles. The molecule has 16 nitrogen and oxygen atoms in total. The molecule has 16 heteroatoms. The zero-order valence-electron chi connectivity index (χ0n) is 34.2. The highest BCUT2D eigenvalue weighted by molar-refractivity contribution is 5.95. The zero-order chi connectivity index (χ0) is 42.9. The molecule has 58 heavy (non-hydrogen) atoms. The van der Waals surface area contributed by atoms with Gasteiger partial charge in [-0.2, -0.15) is 0 Å². The van der Waals surface area contributed by atoms with Gasteiger partial charge in [-0.05, 0) is 97.9 Å². The molecule has 0 amide bonds. The van der Waals surface area contributed by atoms with Crippen LogP contribution in [0.4, 0.5) is 0 Å². The highest BCUT2D eigenvalue weighted by Gasteiger charge is 2.68. The van der Waals surface area contributed by atoms with Crippen LogP contribution in [0.2, 0.25) is 0 Å². The van der Waals surface area contributed by atoms with Crippen molar-refractivity contribution in [3.8, 4) is 0 Å². The number of carboxylic acid groups (broad SMARTS) is 3. The number of hydrogen-bond donors (Lipinski definition) is 8. The minimum absolute atomic E-state index is 0.0119. The predicted octanol–water partition coefficient (Wildman–Crippen LogP) is 2.17. The van der Waals surface area contributed by atoms with Crippen molar-refractivity contribution >= 4 is 23.7 Å². The first-order valence-electron chi connectivity index (χ1n) is 20.5. The Morgan fingerprint density at radius 2 is 1.31 bits per heavy atom. The Kier molecular flexibility index (Phi) is 10.5. The molecule has 0 spiro atoms. The van der Waals surface area contributed by atoms with E-state index in [2.05, 4.69) is 46.8 Å². The summed E-state index contributed by atoms with van der Waals surface area (Å²) in [6.45, 7) is 14.7. The summed E-state index contributed by atoms with van der Waals surface area (Å²) in [5, 5.41) is 82.9. The lowest BCUT2D eigenvalue weighted by molar-refractivity contribution is -0.371. The van der Waals surface area contributed by atoms with Crippen molar-refractivity contribution in [3.05, 3.63) is 23.3 Å². The lowest BCUT2D eigenvalue weighted by atomic mass is 9.35. The van der Waals surface area contributed by atoms with Crippen LogP contribution >= 0.6 is 0 Å². The molecule has 0 bridgehead atoms. The van der Waals surface area contributed by atoms with Crippen molar-refractivity contribution in [2.45, 2.75) is 167 Å². The Hall–Kier alpha value is -2.80. The number of fused-ring (bicyclic) bond motifs is 6. The molecule has 0 aromatic carbocycles. The van der Waals surface area contributed by atoms with Gasteiger partial charge in [-0.15, -0.1) is 0 Å². The number of ketones is 1. The third-order valence-electron chi connectivity index (χ3n) is 16.7. The maximum Gasteiger partial charge on any atom is 0.335 e. The van der Waals surface area contributed by atoms with Crippen molar-refractivity contribution < 1.29 is 79.0 Å². The summed E-state index contributed by atoms with van der Waals surface area (Å²) in [6.07, 6.45) is -11.0. The highest BCUT2D eigenvalue weighted by atomic mass is 16.8. The van der Waals surface area contributed by atoms with Crippen LogP contribution in [0.25, 0.3) is 0 Å². The summed E-state index contributed by atoms with van der Waals surface area (Å²) in [7, 11) is 0. The smallest absolute Gasteiger partial charge is 0.335 e. The van der Waals surface area contributed by atoms with E-state index in [9.17, 15) is 60.0 Å². The quantitative estimate of drug-likeness (QED) is 0.171. The molecular formula is C42H60O16. The molecule has 18 atom stereocenters. The van der Waals surface area contributed by atoms with E-state index < -0.39 is 102 Å². The van der Waals surface area contributed by atoms with E-state index in [1.807, 2.05) is 6.92 Å². The molecule has 7 rings (SSSR count). The number of Topliss-reactive ketones (excluding diaryl/α,β-unsaturated/α-hetero) is 1. The van der Waals surface area contributed by atoms with Gasteiger partial charge in [0, 0.05) is 11.8 Å². The third-order valence-corrected chi connectivity index (χ3v) is 16.7. The van der Waals surface area contributed by atoms with Crippen molar-refractivity contribution in [3.63, 3.8) is 0 Å². The largest absolute Gasteiger partial charge is 0.481 e. The zero-order valence-corrected chi connectivity index (χ0v) is 34.2. The second kappa shape index (κ2) is 14.1. The Morgan fingerprint density at radius 1 is 0.707 bits per heavy atom. The topological polar surface area (TPSA) is 267 Å². The number of ether oxygens (including phenoxy) is 4. The van der Waals surface area contributed by atoms with Crippen LogP contribution in [0.15, 0.2) is 23.3 Å². The molecule has 0 radical (unpaired) electrons. The van der Waals surface area contributed by atoms with E-state index in [1.54, 1.807) is 6.92 Å². The number of carbonyl (C=O) groups is 4. The number of allylic oxidation sites excluding steroid dienone is 4. The van der Waals surface area contributed by atoms with Crippen LogP contribution in [0.1, 0.15) is 99.8 Å². The number of aliphatic hydroxyl groups is 5. The van der Waals surface area contributed by atoms with Crippen molar-refractivity contribution in [2.75, 3.05) is 0 Å². The molecule has 18 unspecified atom stereocenters. The van der Waals surface area contributed by atoms with Crippen molar-refractivity contribution in [1.29, 1.82) is 0 Å². The van der Waals surface area contributed by atoms with E-state index in [-0.39, 0.29) is 40.3 Å². The van der Waals surface area contributed by atoms with Gasteiger partial charge in [0.05, 0.1) is 11.5 Å². The fourth-order valence-corrected chi connectivity index (χ4v) is 12.8. The second-order valence-electron chi connectivity index (χ2n) is 20.1. The molecule has 7 aliphatic rings. The van der Waals surface area contributed by atoms with E-state index in [0.717, 1.165) is 30.4 Å². The number of carboxylic acids is 3. The van der Waals surface area contributed by atoms with Gasteiger partial charge in [-0.3, -0.25) is 9.59 Å². The number of rotatable bonds is 7. The number of aliphatic hydroxyl groups excluding tert-OH is 5. The number of aliphatic carboxylic acids is 3. The first kappa shape index (κ1) is 43.3. The van der Waals surface area contributed by atoms with E-state index in [0.29, 0.717) is 25.7 Å². The summed E-state index contributed by atoms with van der Waals surface area (Å²) < 4.78 is 23.4. The average molecular weight is 821 g/mol. The molecule has 324 valence electrons. The summed E-state index contributed by atoms with van der Waals surface area (Å²) in [4.78, 5) is 50.1. The van der Waals surface area contributed by atoms with Crippen LogP contribution in [0.5, 0.6) is 0 Å². The highest BCUT2D eigenvalue weighted by Crippen LogP contribution is 2.74. The lowest BCUT2D eigenvalue weighted by Crippen LogP contribution is -2.67. The van der Waals surface area contributed by atoms with Gasteiger partial charge in [-0.1, -0.05) is 52.3 Å². The summed E-state index contributed by atoms with van der Waals surface area (Å²) in [5.74, 6) is -4.09. The van der Waals surface area contributed by atoms with Gasteiger partial charge >= 0.3 is 17.9 Å². The summed E-state index contributed by atoms with van der Waals surface area (Å²) >= 11 is 0. The monoisotopic (exact) mass is 820 g/mol. The Balaban J connectivity index is 1.18. The molecule has 3 saturated carbocycles. The van der Waals surface area contributed by atoms with Crippen molar-refractivity contribution in [1.82, 2.24) is 0 Å². The van der Waals surface area contributed by atoms with Crippen LogP contribution in [0, 0.1) is 44.3 Å². The Bertz CT molecular complexity index is 1790. The molecule has 2 saturated heterocycles. The number of carbonyl (C=O) groups excluding carboxylic acids is 1. The first-order chi connectivity index (χ1) is 26.8. The second-order valence-corrected chi connectivity index (χ2v) is 20.1. The average Bonchev–Trinajstić information content (AvgIpc) is 3.13. The van der Waals surface area contributed by atoms with Gasteiger partial charge in [-0.25, -0.2) is 9.59 Å². The summed E-state index contributed by atoms with van der Waals surface area (Å²) in [6, 6.07) is 0. The molecular weight excluding hydrogens is 760 g/mol. The molecule has 0 aromatic heterocycles. The standard InChI is InChI=1S/C42H60O16/c1-37(2)20-10-13-42(7)21(9-8-18-19-16-38(3,36(53)54)17-22(43)39(19,4)14-15-41(18,42)6)40(20,5)12-11-23(37)55-35-31(27(47)26(46)30(57-35)33(51)52)58-34-28(48)24(44)25(45)29(56-34)32(49)50/h8-9,20-21,23-31,34-35,44-48H,10-17H2,1-7H3,(H,49,50)(H,51,52)(H,53,54). The molecule has 5 fully saturated rings. The fraction of sp³-hybridized carbons (Fsp3) is 0.810. The van der Waals surface area contributed by atoms with Crippen molar-refractivity contribution in [2.24, 2.45) is 44.3 Å². The maximum absolute atomic E-state index is 13.7. The van der Waals surface area contributed by atoms with E-state index in [1.165, 1.54) is 0 Å². The predicted molar refractivity (Wildman–Crippen MR) is 199 cm³/mol. The number of hydrogen-bond acceptors (Lipinski definition) is 13. The van der Waals surface area contributed by atoms with Gasteiger partial charge in [0.2, 0.25) is 0 Å². The van der Waals surface area contributed by atoms with Crippen LogP contribution < -0.4 is 0 Å². The first-order valence-corrected chi connectivity index (χ1v) is 20.5. The van der Waals surface area contributed by atoms with Crippen LogP contribution in [0.3, 0.4) is 0 Å². The Labute approximate surface area is 337 Å². The molecule has 2 aliphatic heterocycles. The normalized spacial score (nSPS) is 51.2. The third kappa shape index (κ3) is 6.10. The molecule has 8 N–H and O–H groups in total. The molecule has 0 aromatic rings. The summed E-state index contributed by atoms with van der Waals surface area (Å²) in [5.41, 5.74) is -1.27. The van der Waals surface area contributed by atoms with Gasteiger partial charge < -0.3 is 59.8 Å². The van der Waals surface area contributed by atoms with Gasteiger partial charge in [0.25, 0.3) is 0 Å². The maximum atomic E-state index is 13.7. The minimum atomic E-state index is -2.03.